The van der Waals surface area contributed by atoms with E-state index in [0.717, 1.165) is 33.8 Å². The quantitative estimate of drug-likeness (QED) is 0.858. The first-order valence-electron chi connectivity index (χ1n) is 6.95. The van der Waals surface area contributed by atoms with Gasteiger partial charge in [0, 0.05) is 12.1 Å². The summed E-state index contributed by atoms with van der Waals surface area (Å²) in [6, 6.07) is 5.84. The molecule has 1 unspecified atom stereocenters. The number of hydrogen-bond donors (Lipinski definition) is 2. The highest BCUT2D eigenvalue weighted by molar-refractivity contribution is 7.18. The number of aromatic nitrogens is 1. The smallest absolute Gasteiger partial charge is 0.224 e. The van der Waals surface area contributed by atoms with Gasteiger partial charge in [-0.15, -0.1) is 11.3 Å². The molecule has 1 amide bonds. The number of rotatable bonds is 6. The fourth-order valence-corrected chi connectivity index (χ4v) is 3.01. The molecule has 20 heavy (non-hydrogen) atoms. The molecule has 1 atom stereocenters. The van der Waals surface area contributed by atoms with Crippen molar-refractivity contribution in [2.75, 3.05) is 11.9 Å². The van der Waals surface area contributed by atoms with Crippen LogP contribution in [0.2, 0.25) is 0 Å². The van der Waals surface area contributed by atoms with E-state index in [-0.39, 0.29) is 5.91 Å². The summed E-state index contributed by atoms with van der Waals surface area (Å²) in [6.07, 6.45) is 2.39. The molecule has 5 heteroatoms. The van der Waals surface area contributed by atoms with Gasteiger partial charge < -0.3 is 11.1 Å². The fraction of sp³-hybridized carbons (Fsp3) is 0.467. The van der Waals surface area contributed by atoms with E-state index in [4.69, 9.17) is 5.73 Å². The topological polar surface area (TPSA) is 68.0 Å². The molecular weight excluding hydrogens is 270 g/mol. The number of carbonyl (C=O) groups is 1. The third-order valence-electron chi connectivity index (χ3n) is 3.30. The van der Waals surface area contributed by atoms with Crippen LogP contribution in [0, 0.1) is 12.8 Å². The van der Waals surface area contributed by atoms with Gasteiger partial charge in [0.2, 0.25) is 5.91 Å². The lowest BCUT2D eigenvalue weighted by molar-refractivity contribution is -0.116. The summed E-state index contributed by atoms with van der Waals surface area (Å²) < 4.78 is 1.11. The molecule has 0 aliphatic rings. The summed E-state index contributed by atoms with van der Waals surface area (Å²) in [5.41, 5.74) is 7.34. The number of carbonyl (C=O) groups excluding carboxylic acids is 1. The van der Waals surface area contributed by atoms with E-state index in [9.17, 15) is 4.79 Å². The highest BCUT2D eigenvalue weighted by Gasteiger charge is 2.08. The maximum atomic E-state index is 11.9. The van der Waals surface area contributed by atoms with E-state index in [2.05, 4.69) is 17.2 Å². The summed E-state index contributed by atoms with van der Waals surface area (Å²) in [6.45, 7) is 4.80. The van der Waals surface area contributed by atoms with Crippen LogP contribution in [0.3, 0.4) is 0 Å². The Morgan fingerprint density at radius 3 is 3.00 bits per heavy atom. The van der Waals surface area contributed by atoms with Gasteiger partial charge in [-0.3, -0.25) is 4.79 Å². The zero-order chi connectivity index (χ0) is 14.5. The molecule has 108 valence electrons. The Bertz CT molecular complexity index is 594. The minimum atomic E-state index is 0.0643. The zero-order valence-corrected chi connectivity index (χ0v) is 12.8. The lowest BCUT2D eigenvalue weighted by Crippen LogP contribution is -2.14. The molecule has 0 aliphatic heterocycles. The molecule has 0 aliphatic carbocycles. The van der Waals surface area contributed by atoms with Gasteiger partial charge in [0.05, 0.1) is 15.2 Å². The van der Waals surface area contributed by atoms with Crippen LogP contribution in [0.1, 0.15) is 31.2 Å². The largest absolute Gasteiger partial charge is 0.330 e. The number of nitrogens with two attached hydrogens (primary N) is 1. The Balaban J connectivity index is 1.92. The lowest BCUT2D eigenvalue weighted by Gasteiger charge is -2.10. The molecule has 1 aromatic heterocycles. The molecule has 3 N–H and O–H groups in total. The third kappa shape index (κ3) is 4.02. The summed E-state index contributed by atoms with van der Waals surface area (Å²) >= 11 is 1.64. The summed E-state index contributed by atoms with van der Waals surface area (Å²) in [5, 5.41) is 3.99. The van der Waals surface area contributed by atoms with Crippen LogP contribution in [-0.2, 0) is 4.79 Å². The maximum Gasteiger partial charge on any atom is 0.224 e. The number of aryl methyl sites for hydroxylation is 1. The van der Waals surface area contributed by atoms with Gasteiger partial charge in [-0.1, -0.05) is 6.92 Å². The van der Waals surface area contributed by atoms with Crippen molar-refractivity contribution in [3.05, 3.63) is 23.2 Å². The molecule has 2 rings (SSSR count). The molecular formula is C15H21N3OS. The van der Waals surface area contributed by atoms with Crippen molar-refractivity contribution in [3.63, 3.8) is 0 Å². The third-order valence-corrected chi connectivity index (χ3v) is 4.24. The van der Waals surface area contributed by atoms with Crippen LogP contribution in [0.15, 0.2) is 18.2 Å². The number of thiazole rings is 1. The Kier molecular flexibility index (Phi) is 5.09. The number of fused-ring (bicyclic) bond motifs is 1. The van der Waals surface area contributed by atoms with Gasteiger partial charge >= 0.3 is 0 Å². The summed E-state index contributed by atoms with van der Waals surface area (Å²) in [7, 11) is 0. The number of hydrogen-bond acceptors (Lipinski definition) is 4. The minimum absolute atomic E-state index is 0.0643. The molecule has 0 fully saturated rings. The second kappa shape index (κ2) is 6.81. The molecule has 0 saturated carbocycles. The first-order valence-corrected chi connectivity index (χ1v) is 7.77. The average Bonchev–Trinajstić information content (AvgIpc) is 2.76. The van der Waals surface area contributed by atoms with Crippen LogP contribution < -0.4 is 11.1 Å². The monoisotopic (exact) mass is 291 g/mol. The predicted molar refractivity (Wildman–Crippen MR) is 85.1 cm³/mol. The van der Waals surface area contributed by atoms with E-state index in [1.807, 2.05) is 25.1 Å². The number of anilines is 1. The molecule has 0 saturated heterocycles. The van der Waals surface area contributed by atoms with Crippen LogP contribution in [0.5, 0.6) is 0 Å². The average molecular weight is 291 g/mol. The van der Waals surface area contributed by atoms with Crippen molar-refractivity contribution < 1.29 is 4.79 Å². The fourth-order valence-electron chi connectivity index (χ4n) is 2.15. The zero-order valence-electron chi connectivity index (χ0n) is 12.0. The number of nitrogens with one attached hydrogen (secondary N) is 1. The highest BCUT2D eigenvalue weighted by atomic mass is 32.1. The second-order valence-electron chi connectivity index (χ2n) is 5.18. The van der Waals surface area contributed by atoms with Crippen molar-refractivity contribution in [2.45, 2.75) is 33.1 Å². The lowest BCUT2D eigenvalue weighted by atomic mass is 10.0. The van der Waals surface area contributed by atoms with E-state index in [1.165, 1.54) is 0 Å². The predicted octanol–water partition coefficient (Wildman–Crippen LogP) is 3.31. The van der Waals surface area contributed by atoms with Gasteiger partial charge in [0.25, 0.3) is 0 Å². The molecule has 1 aromatic carbocycles. The second-order valence-corrected chi connectivity index (χ2v) is 6.42. The summed E-state index contributed by atoms with van der Waals surface area (Å²) in [5.74, 6) is 0.562. The van der Waals surface area contributed by atoms with Crippen LogP contribution in [0.4, 0.5) is 5.69 Å². The molecule has 1 heterocycles. The van der Waals surface area contributed by atoms with E-state index >= 15 is 0 Å². The SMILES string of the molecule is Cc1nc2ccc(NC(=O)CCC(C)CCN)cc2s1. The van der Waals surface area contributed by atoms with Crippen molar-refractivity contribution in [2.24, 2.45) is 11.7 Å². The van der Waals surface area contributed by atoms with Crippen molar-refractivity contribution in [1.82, 2.24) is 4.98 Å². The first kappa shape index (κ1) is 14.9. The Labute approximate surface area is 123 Å². The van der Waals surface area contributed by atoms with Gasteiger partial charge in [-0.25, -0.2) is 4.98 Å². The normalized spacial score (nSPS) is 12.6. The van der Waals surface area contributed by atoms with E-state index in [1.54, 1.807) is 11.3 Å². The highest BCUT2D eigenvalue weighted by Crippen LogP contribution is 2.24. The minimum Gasteiger partial charge on any atom is -0.330 e. The van der Waals surface area contributed by atoms with Gasteiger partial charge in [0.1, 0.15) is 0 Å². The number of amides is 1. The molecule has 4 nitrogen and oxygen atoms in total. The molecule has 0 bridgehead atoms. The molecule has 0 radical (unpaired) electrons. The van der Waals surface area contributed by atoms with Gasteiger partial charge in [-0.2, -0.15) is 0 Å². The van der Waals surface area contributed by atoms with Crippen LogP contribution in [0.25, 0.3) is 10.2 Å². The summed E-state index contributed by atoms with van der Waals surface area (Å²) in [4.78, 5) is 16.3. The van der Waals surface area contributed by atoms with Crippen molar-refractivity contribution in [1.29, 1.82) is 0 Å². The van der Waals surface area contributed by atoms with Crippen molar-refractivity contribution in [3.8, 4) is 0 Å². The standard InChI is InChI=1S/C15H21N3OS/c1-10(7-8-16)3-6-15(19)18-12-4-5-13-14(9-12)20-11(2)17-13/h4-5,9-10H,3,6-8,16H2,1-2H3,(H,18,19). The van der Waals surface area contributed by atoms with Gasteiger partial charge in [0.15, 0.2) is 0 Å². The van der Waals surface area contributed by atoms with Crippen LogP contribution in [-0.4, -0.2) is 17.4 Å². The maximum absolute atomic E-state index is 11.9. The van der Waals surface area contributed by atoms with Crippen LogP contribution >= 0.6 is 11.3 Å². The van der Waals surface area contributed by atoms with E-state index < -0.39 is 0 Å². The molecule has 0 spiro atoms. The Hall–Kier alpha value is -1.46. The molecule has 2 aromatic rings. The Morgan fingerprint density at radius 1 is 1.45 bits per heavy atom. The number of nitrogens with zero attached hydrogens (tertiary/aromatic N) is 1. The number of benzene rings is 1. The Morgan fingerprint density at radius 2 is 2.25 bits per heavy atom. The van der Waals surface area contributed by atoms with E-state index in [0.29, 0.717) is 18.9 Å². The first-order chi connectivity index (χ1) is 9.58. The van der Waals surface area contributed by atoms with Crippen molar-refractivity contribution >= 4 is 33.1 Å². The van der Waals surface area contributed by atoms with Gasteiger partial charge in [-0.05, 0) is 50.4 Å².